The van der Waals surface area contributed by atoms with Gasteiger partial charge in [-0.2, -0.15) is 5.10 Å². The summed E-state index contributed by atoms with van der Waals surface area (Å²) < 4.78 is 23.6. The number of aliphatic hydroxyl groups is 2. The molecule has 350 valence electrons. The average Bonchev–Trinajstić information content (AvgIpc) is 3.55. The van der Waals surface area contributed by atoms with Crippen LogP contribution in [0.1, 0.15) is 75.5 Å². The molecule has 0 unspecified atom stereocenters. The lowest BCUT2D eigenvalue weighted by molar-refractivity contribution is -0.160. The van der Waals surface area contributed by atoms with Crippen molar-refractivity contribution >= 4 is 57.0 Å². The molecule has 66 heavy (non-hydrogen) atoms. The van der Waals surface area contributed by atoms with Crippen LogP contribution in [0.25, 0.3) is 21.5 Å². The fourth-order valence-electron chi connectivity index (χ4n) is 8.70. The number of Topliss-reactive ketones (excluding diaryl/α,β-unsaturated/α-hetero) is 1. The number of anilines is 1. The highest BCUT2D eigenvalue weighted by Crippen LogP contribution is 2.55. The molecular formula is C50H57N3O13. The molecule has 3 heterocycles. The van der Waals surface area contributed by atoms with Crippen LogP contribution in [0.4, 0.5) is 5.69 Å². The molecule has 2 amide bonds. The first kappa shape index (κ1) is 48.7. The number of esters is 1. The van der Waals surface area contributed by atoms with E-state index in [0.29, 0.717) is 0 Å². The first-order valence-corrected chi connectivity index (χ1v) is 21.6. The maximum Gasteiger partial charge on any atom is 0.312 e. The van der Waals surface area contributed by atoms with Crippen LogP contribution in [-0.4, -0.2) is 92.6 Å². The molecule has 0 saturated carbocycles. The lowest BCUT2D eigenvalue weighted by Gasteiger charge is -2.38. The van der Waals surface area contributed by atoms with Gasteiger partial charge in [0, 0.05) is 61.2 Å². The maximum absolute atomic E-state index is 14.5. The van der Waals surface area contributed by atoms with Gasteiger partial charge in [-0.3, -0.25) is 19.2 Å². The topological polar surface area (TPSA) is 243 Å². The zero-order chi connectivity index (χ0) is 48.4. The summed E-state index contributed by atoms with van der Waals surface area (Å²) in [4.78, 5) is 54.0. The van der Waals surface area contributed by atoms with Crippen molar-refractivity contribution in [1.82, 2.24) is 5.43 Å². The number of nitrogens with zero attached hydrogens (tertiary/aromatic N) is 1. The summed E-state index contributed by atoms with van der Waals surface area (Å²) in [5.41, 5.74) is 2.21. The van der Waals surface area contributed by atoms with Crippen molar-refractivity contribution in [3.63, 3.8) is 0 Å². The van der Waals surface area contributed by atoms with Crippen LogP contribution < -0.4 is 15.5 Å². The fraction of sp³-hybridized carbons (Fsp3) is 0.380. The van der Waals surface area contributed by atoms with Crippen molar-refractivity contribution in [2.24, 2.45) is 28.8 Å². The number of rotatable bonds is 6. The monoisotopic (exact) mass is 907 g/mol. The second kappa shape index (κ2) is 19.8. The molecule has 5 bridgehead atoms. The lowest BCUT2D eigenvalue weighted by Crippen LogP contribution is -2.46. The van der Waals surface area contributed by atoms with Crippen LogP contribution in [0, 0.1) is 30.6 Å². The van der Waals surface area contributed by atoms with Crippen LogP contribution in [0.2, 0.25) is 0 Å². The number of hydrogen-bond acceptors (Lipinski definition) is 14. The quantitative estimate of drug-likeness (QED) is 0.0355. The standard InChI is InChI=1S/C50H57N3O13/c1-24-14-12-15-25(2)49(62)52-40-34(23-51-53-36(55)22-32-18-13-17-31-16-10-11-19-33(31)32)44(59)37-38(45(40)60)43(58)29(6)47-39(37)48(61)50(8,66-47)64-21-20-35(63-9)26(3)46(65-30(7)54)28(5)42(57)27(4)41(24)56/h10-21,23-24,26-28,35,41-42,46,56-60H,22H2,1-9H3,(H,52,62)(H,53,55)/b14-12-,21-20-,25-15+,51-23+/t24-,26+,27+,28+,35-,41-,42+,46+,50-/m0/s1. The smallest absolute Gasteiger partial charge is 0.312 e. The molecule has 9 atom stereocenters. The summed E-state index contributed by atoms with van der Waals surface area (Å²) in [5.74, 6) is -9.70. The summed E-state index contributed by atoms with van der Waals surface area (Å²) in [5, 5.41) is 66.4. The molecule has 0 radical (unpaired) electrons. The van der Waals surface area contributed by atoms with E-state index in [1.54, 1.807) is 33.8 Å². The van der Waals surface area contributed by atoms with Gasteiger partial charge in [-0.1, -0.05) is 88.4 Å². The molecule has 4 aromatic carbocycles. The number of nitrogens with one attached hydrogen (secondary N) is 2. The first-order chi connectivity index (χ1) is 31.2. The number of ether oxygens (including phenoxy) is 4. The van der Waals surface area contributed by atoms with Gasteiger partial charge in [-0.25, -0.2) is 5.43 Å². The van der Waals surface area contributed by atoms with E-state index in [1.165, 1.54) is 53.0 Å². The summed E-state index contributed by atoms with van der Waals surface area (Å²) in [6.07, 6.45) is 4.15. The molecule has 3 aliphatic rings. The zero-order valence-corrected chi connectivity index (χ0v) is 38.3. The van der Waals surface area contributed by atoms with E-state index >= 15 is 0 Å². The van der Waals surface area contributed by atoms with Crippen molar-refractivity contribution in [3.05, 3.63) is 101 Å². The molecule has 0 aliphatic carbocycles. The number of hydrazone groups is 1. The van der Waals surface area contributed by atoms with E-state index in [1.807, 2.05) is 42.5 Å². The Labute approximate surface area is 382 Å². The highest BCUT2D eigenvalue weighted by atomic mass is 16.7. The molecule has 0 saturated heterocycles. The van der Waals surface area contributed by atoms with Gasteiger partial charge in [-0.15, -0.1) is 0 Å². The van der Waals surface area contributed by atoms with Gasteiger partial charge in [0.1, 0.15) is 23.4 Å². The molecule has 0 fully saturated rings. The van der Waals surface area contributed by atoms with Gasteiger partial charge in [-0.05, 0) is 36.3 Å². The van der Waals surface area contributed by atoms with Gasteiger partial charge in [0.2, 0.25) is 5.91 Å². The number of amides is 2. The van der Waals surface area contributed by atoms with Crippen molar-refractivity contribution in [3.8, 4) is 23.0 Å². The number of aromatic hydroxyl groups is 3. The van der Waals surface area contributed by atoms with E-state index in [0.717, 1.165) is 28.8 Å². The van der Waals surface area contributed by atoms with Gasteiger partial charge in [0.25, 0.3) is 11.7 Å². The Hall–Kier alpha value is -6.75. The number of carbonyl (C=O) groups is 4. The molecule has 16 heteroatoms. The van der Waals surface area contributed by atoms with Crippen molar-refractivity contribution in [2.45, 2.75) is 92.0 Å². The Balaban J connectivity index is 1.48. The Bertz CT molecular complexity index is 2680. The number of phenolic OH excluding ortho intramolecular Hbond substituents is 3. The summed E-state index contributed by atoms with van der Waals surface area (Å²) in [6.45, 7) is 12.3. The van der Waals surface area contributed by atoms with Crippen molar-refractivity contribution < 1.29 is 63.7 Å². The summed E-state index contributed by atoms with van der Waals surface area (Å²) >= 11 is 0. The number of benzene rings is 4. The number of hydrogen-bond donors (Lipinski definition) is 7. The second-order valence-electron chi connectivity index (χ2n) is 17.2. The second-order valence-corrected chi connectivity index (χ2v) is 17.2. The third-order valence-electron chi connectivity index (χ3n) is 12.6. The number of carbonyl (C=O) groups excluding carboxylic acids is 4. The largest absolute Gasteiger partial charge is 0.507 e. The molecule has 0 aromatic heterocycles. The Morgan fingerprint density at radius 2 is 1.61 bits per heavy atom. The molecule has 16 nitrogen and oxygen atoms in total. The maximum atomic E-state index is 14.5. The molecule has 0 spiro atoms. The minimum absolute atomic E-state index is 0.00585. The van der Waals surface area contributed by atoms with E-state index in [2.05, 4.69) is 15.8 Å². The van der Waals surface area contributed by atoms with Crippen LogP contribution in [-0.2, 0) is 35.0 Å². The zero-order valence-electron chi connectivity index (χ0n) is 38.3. The number of fused-ring (bicyclic) bond motifs is 15. The minimum Gasteiger partial charge on any atom is -0.507 e. The van der Waals surface area contributed by atoms with E-state index < -0.39 is 106 Å². The van der Waals surface area contributed by atoms with Crippen LogP contribution >= 0.6 is 0 Å². The van der Waals surface area contributed by atoms with Gasteiger partial charge < -0.3 is 49.8 Å². The Morgan fingerprint density at radius 3 is 2.30 bits per heavy atom. The normalized spacial score (nSPS) is 28.1. The minimum atomic E-state index is -2.12. The summed E-state index contributed by atoms with van der Waals surface area (Å²) in [7, 11) is 1.42. The van der Waals surface area contributed by atoms with Crippen molar-refractivity contribution in [1.29, 1.82) is 0 Å². The number of methoxy groups -OCH3 is 1. The third kappa shape index (κ3) is 9.48. The third-order valence-corrected chi connectivity index (χ3v) is 12.6. The van der Waals surface area contributed by atoms with Crippen LogP contribution in [0.3, 0.4) is 0 Å². The van der Waals surface area contributed by atoms with Crippen molar-refractivity contribution in [2.75, 3.05) is 12.4 Å². The number of phenols is 3. The Morgan fingerprint density at radius 1 is 0.909 bits per heavy atom. The lowest BCUT2D eigenvalue weighted by atomic mass is 9.78. The van der Waals surface area contributed by atoms with Crippen LogP contribution in [0.5, 0.6) is 23.0 Å². The van der Waals surface area contributed by atoms with Crippen LogP contribution in [0.15, 0.2) is 83.7 Å². The molecule has 7 rings (SSSR count). The van der Waals surface area contributed by atoms with Gasteiger partial charge >= 0.3 is 11.8 Å². The van der Waals surface area contributed by atoms with E-state index in [4.69, 9.17) is 18.9 Å². The predicted molar refractivity (Wildman–Crippen MR) is 247 cm³/mol. The summed E-state index contributed by atoms with van der Waals surface area (Å²) in [6, 6.07) is 13.1. The highest BCUT2D eigenvalue weighted by molar-refractivity contribution is 6.24. The number of aliphatic hydroxyl groups excluding tert-OH is 2. The molecule has 4 aromatic rings. The van der Waals surface area contributed by atoms with Gasteiger partial charge in [0.05, 0.1) is 59.4 Å². The van der Waals surface area contributed by atoms with Gasteiger partial charge in [0.15, 0.2) is 5.75 Å². The molecular weight excluding hydrogens is 851 g/mol. The number of ketones is 1. The highest BCUT2D eigenvalue weighted by Gasteiger charge is 2.50. The predicted octanol–water partition coefficient (Wildman–Crippen LogP) is 6.60. The Kier molecular flexibility index (Phi) is 14.6. The fourth-order valence-corrected chi connectivity index (χ4v) is 8.70. The molecule has 3 aliphatic heterocycles. The van der Waals surface area contributed by atoms with E-state index in [9.17, 15) is 44.7 Å². The SMILES string of the molecule is CO[C@H]1/C=C\O[C@@]2(C)Oc3c(C)c(O)c4c(O)c(c(/C=N/NC(=O)Cc5cccc6ccccc56)c(O)c4c3C2=O)NC(=O)/C(C)=C/C=C\[C@H](C)[C@H](O)[C@@H](C)[C@@H](O)[C@@H](C)[C@H](OC(C)=O)[C@@H]1C. The average molecular weight is 908 g/mol. The number of allylic oxidation sites excluding steroid dienone is 2. The first-order valence-electron chi connectivity index (χ1n) is 21.6. The molecule has 7 N–H and O–H groups in total. The van der Waals surface area contributed by atoms with E-state index in [-0.39, 0.29) is 39.8 Å².